The van der Waals surface area contributed by atoms with Crippen molar-refractivity contribution in [2.45, 2.75) is 26.3 Å². The van der Waals surface area contributed by atoms with Crippen molar-refractivity contribution in [3.63, 3.8) is 0 Å². The quantitative estimate of drug-likeness (QED) is 0.742. The van der Waals surface area contributed by atoms with Crippen LogP contribution in [0.15, 0.2) is 24.3 Å². The number of halogens is 1. The third-order valence-electron chi connectivity index (χ3n) is 4.47. The molecule has 1 aliphatic heterocycles. The Morgan fingerprint density at radius 3 is 2.32 bits per heavy atom. The molecule has 0 saturated carbocycles. The van der Waals surface area contributed by atoms with E-state index in [0.29, 0.717) is 11.5 Å². The summed E-state index contributed by atoms with van der Waals surface area (Å²) in [4.78, 5) is 14.4. The summed E-state index contributed by atoms with van der Waals surface area (Å²) in [5.74, 6) is 0.763. The number of sulfonamides is 1. The third-order valence-corrected chi connectivity index (χ3v) is 5.82. The van der Waals surface area contributed by atoms with Crippen LogP contribution in [0.25, 0.3) is 0 Å². The Balaban J connectivity index is 0.00000312. The fourth-order valence-corrected chi connectivity index (χ4v) is 3.46. The number of carbonyl (C=O) groups excluding carboxylic acids is 1. The molecule has 0 radical (unpaired) electrons. The average molecular weight is 390 g/mol. The van der Waals surface area contributed by atoms with Gasteiger partial charge in [-0.1, -0.05) is 12.1 Å². The Hall–Kier alpha value is -1.15. The second-order valence-electron chi connectivity index (χ2n) is 6.21. The van der Waals surface area contributed by atoms with Crippen LogP contribution in [-0.4, -0.2) is 51.7 Å². The Morgan fingerprint density at radius 2 is 1.80 bits per heavy atom. The molecule has 0 aromatic heterocycles. The lowest BCUT2D eigenvalue weighted by Gasteiger charge is -2.32. The highest BCUT2D eigenvalue weighted by Gasteiger charge is 2.23. The molecule has 8 heteroatoms. The lowest BCUT2D eigenvalue weighted by Crippen LogP contribution is -2.40. The number of likely N-dealkylation sites (tertiary alicyclic amines) is 1. The molecule has 0 spiro atoms. The number of nitrogens with one attached hydrogen (secondary N) is 2. The molecule has 1 fully saturated rings. The van der Waals surface area contributed by atoms with Crippen molar-refractivity contribution in [1.29, 1.82) is 0 Å². The Kier molecular flexibility index (Phi) is 8.85. The number of hydrogen-bond donors (Lipinski definition) is 2. The van der Waals surface area contributed by atoms with Crippen molar-refractivity contribution < 1.29 is 13.2 Å². The van der Waals surface area contributed by atoms with Crippen LogP contribution in [0.3, 0.4) is 0 Å². The lowest BCUT2D eigenvalue weighted by atomic mass is 9.96. The van der Waals surface area contributed by atoms with Crippen molar-refractivity contribution >= 4 is 28.3 Å². The van der Waals surface area contributed by atoms with Gasteiger partial charge in [-0.05, 0) is 57.0 Å². The third kappa shape index (κ3) is 6.58. The molecule has 1 amide bonds. The van der Waals surface area contributed by atoms with Gasteiger partial charge in [0.15, 0.2) is 0 Å². The van der Waals surface area contributed by atoms with Crippen molar-refractivity contribution in [1.82, 2.24) is 14.9 Å². The Bertz CT molecular complexity index is 642. The molecule has 25 heavy (non-hydrogen) atoms. The van der Waals surface area contributed by atoms with Crippen molar-refractivity contribution in [2.24, 2.45) is 5.92 Å². The van der Waals surface area contributed by atoms with E-state index in [2.05, 4.69) is 10.0 Å². The number of benzene rings is 1. The molecule has 1 heterocycles. The van der Waals surface area contributed by atoms with E-state index in [4.69, 9.17) is 0 Å². The van der Waals surface area contributed by atoms with E-state index in [1.54, 1.807) is 31.2 Å². The van der Waals surface area contributed by atoms with Gasteiger partial charge >= 0.3 is 0 Å². The molecule has 0 atom stereocenters. The van der Waals surface area contributed by atoms with Gasteiger partial charge in [0.2, 0.25) is 10.0 Å². The van der Waals surface area contributed by atoms with E-state index in [1.165, 1.54) is 0 Å². The van der Waals surface area contributed by atoms with Gasteiger partial charge in [0.1, 0.15) is 0 Å². The van der Waals surface area contributed by atoms with E-state index in [9.17, 15) is 13.2 Å². The molecular weight excluding hydrogens is 362 g/mol. The molecule has 142 valence electrons. The monoisotopic (exact) mass is 389 g/mol. The van der Waals surface area contributed by atoms with E-state index in [0.717, 1.165) is 38.0 Å². The maximum Gasteiger partial charge on any atom is 0.253 e. The predicted molar refractivity (Wildman–Crippen MR) is 103 cm³/mol. The number of hydrogen-bond acceptors (Lipinski definition) is 4. The molecular formula is C17H28ClN3O3S. The van der Waals surface area contributed by atoms with Crippen LogP contribution in [0.4, 0.5) is 0 Å². The maximum absolute atomic E-state index is 12.5. The highest BCUT2D eigenvalue weighted by Crippen LogP contribution is 2.18. The van der Waals surface area contributed by atoms with Crippen LogP contribution >= 0.6 is 12.4 Å². The minimum atomic E-state index is -3.20. The Labute approximate surface area is 156 Å². The fourth-order valence-electron chi connectivity index (χ4n) is 2.87. The molecule has 1 aliphatic rings. The number of nitrogens with zero attached hydrogens (tertiary/aromatic N) is 1. The van der Waals surface area contributed by atoms with E-state index >= 15 is 0 Å². The predicted octanol–water partition coefficient (Wildman–Crippen LogP) is 1.62. The molecule has 2 rings (SSSR count). The summed E-state index contributed by atoms with van der Waals surface area (Å²) in [7, 11) is -1.24. The van der Waals surface area contributed by atoms with Crippen molar-refractivity contribution in [2.75, 3.05) is 32.4 Å². The molecule has 0 unspecified atom stereocenters. The normalized spacial score (nSPS) is 15.7. The first-order valence-electron chi connectivity index (χ1n) is 8.45. The van der Waals surface area contributed by atoms with Crippen LogP contribution in [0, 0.1) is 5.92 Å². The van der Waals surface area contributed by atoms with Crippen LogP contribution < -0.4 is 10.0 Å². The molecule has 1 saturated heterocycles. The van der Waals surface area contributed by atoms with Gasteiger partial charge in [-0.15, -0.1) is 12.4 Å². The van der Waals surface area contributed by atoms with Gasteiger partial charge in [-0.25, -0.2) is 13.1 Å². The first-order valence-corrected chi connectivity index (χ1v) is 10.1. The molecule has 0 bridgehead atoms. The summed E-state index contributed by atoms with van der Waals surface area (Å²) in [5, 5.41) is 3.19. The van der Waals surface area contributed by atoms with Crippen molar-refractivity contribution in [3.05, 3.63) is 35.4 Å². The zero-order valence-electron chi connectivity index (χ0n) is 14.8. The first-order chi connectivity index (χ1) is 11.4. The van der Waals surface area contributed by atoms with E-state index in [-0.39, 0.29) is 30.6 Å². The van der Waals surface area contributed by atoms with Crippen LogP contribution in [0.2, 0.25) is 0 Å². The molecule has 0 aliphatic carbocycles. The van der Waals surface area contributed by atoms with E-state index in [1.807, 2.05) is 11.9 Å². The SMILES string of the molecule is CCS(=O)(=O)NCc1ccc(C(=O)N2CCC(CNC)CC2)cc1.Cl. The fraction of sp³-hybridized carbons (Fsp3) is 0.588. The van der Waals surface area contributed by atoms with Gasteiger partial charge in [0.25, 0.3) is 5.91 Å². The summed E-state index contributed by atoms with van der Waals surface area (Å²) in [6, 6.07) is 7.16. The smallest absolute Gasteiger partial charge is 0.253 e. The first kappa shape index (κ1) is 21.9. The number of rotatable bonds is 7. The summed E-state index contributed by atoms with van der Waals surface area (Å²) in [5.41, 5.74) is 1.50. The highest BCUT2D eigenvalue weighted by atomic mass is 35.5. The maximum atomic E-state index is 12.5. The van der Waals surface area contributed by atoms with E-state index < -0.39 is 10.0 Å². The largest absolute Gasteiger partial charge is 0.339 e. The summed E-state index contributed by atoms with van der Waals surface area (Å²) < 4.78 is 25.4. The molecule has 1 aromatic rings. The molecule has 1 aromatic carbocycles. The van der Waals surface area contributed by atoms with Gasteiger partial charge in [-0.3, -0.25) is 4.79 Å². The second kappa shape index (κ2) is 10.1. The van der Waals surface area contributed by atoms with Gasteiger partial charge in [0, 0.05) is 25.2 Å². The van der Waals surface area contributed by atoms with Crippen molar-refractivity contribution in [3.8, 4) is 0 Å². The van der Waals surface area contributed by atoms with Crippen LogP contribution in [-0.2, 0) is 16.6 Å². The Morgan fingerprint density at radius 1 is 1.20 bits per heavy atom. The highest BCUT2D eigenvalue weighted by molar-refractivity contribution is 7.89. The minimum Gasteiger partial charge on any atom is -0.339 e. The second-order valence-corrected chi connectivity index (χ2v) is 8.31. The molecule has 6 nitrogen and oxygen atoms in total. The molecule has 2 N–H and O–H groups in total. The van der Waals surface area contributed by atoms with Crippen LogP contribution in [0.1, 0.15) is 35.7 Å². The summed E-state index contributed by atoms with van der Waals surface area (Å²) in [6.07, 6.45) is 2.06. The standard InChI is InChI=1S/C17H27N3O3S.ClH/c1-3-24(22,23)19-13-14-4-6-16(7-5-14)17(21)20-10-8-15(9-11-20)12-18-2;/h4-7,15,18-19H,3,8-13H2,1-2H3;1H. The van der Waals surface area contributed by atoms with Crippen LogP contribution in [0.5, 0.6) is 0 Å². The zero-order valence-corrected chi connectivity index (χ0v) is 16.5. The number of carbonyl (C=O) groups is 1. The summed E-state index contributed by atoms with van der Waals surface area (Å²) >= 11 is 0. The topological polar surface area (TPSA) is 78.5 Å². The zero-order chi connectivity index (χ0) is 17.6. The minimum absolute atomic E-state index is 0. The van der Waals surface area contributed by atoms with Gasteiger partial charge in [0.05, 0.1) is 5.75 Å². The lowest BCUT2D eigenvalue weighted by molar-refractivity contribution is 0.0691. The number of piperidine rings is 1. The average Bonchev–Trinajstić information content (AvgIpc) is 2.61. The van der Waals surface area contributed by atoms with Gasteiger partial charge < -0.3 is 10.2 Å². The van der Waals surface area contributed by atoms with Gasteiger partial charge in [-0.2, -0.15) is 0 Å². The summed E-state index contributed by atoms with van der Waals surface area (Å²) in [6.45, 7) is 4.45. The number of amides is 1.